The van der Waals surface area contributed by atoms with Crippen molar-refractivity contribution in [1.29, 1.82) is 0 Å². The van der Waals surface area contributed by atoms with Crippen molar-refractivity contribution in [1.82, 2.24) is 10.2 Å². The van der Waals surface area contributed by atoms with Gasteiger partial charge < -0.3 is 14.8 Å². The number of hydrogen-bond acceptors (Lipinski definition) is 4. The Morgan fingerprint density at radius 1 is 1.15 bits per heavy atom. The van der Waals surface area contributed by atoms with Gasteiger partial charge in [0.15, 0.2) is 11.5 Å². The number of nitrogens with zero attached hydrogens (tertiary/aromatic N) is 1. The molecule has 1 atom stereocenters. The van der Waals surface area contributed by atoms with E-state index < -0.39 is 0 Å². The first-order chi connectivity index (χ1) is 12.5. The molecule has 5 nitrogen and oxygen atoms in total. The Hall–Kier alpha value is -2.24. The maximum Gasteiger partial charge on any atom is 0.234 e. The van der Waals surface area contributed by atoms with Crippen LogP contribution in [0.3, 0.4) is 0 Å². The summed E-state index contributed by atoms with van der Waals surface area (Å²) < 4.78 is 11.0. The summed E-state index contributed by atoms with van der Waals surface area (Å²) in [5, 5.41) is 3.62. The van der Waals surface area contributed by atoms with Crippen LogP contribution in [0.4, 0.5) is 0 Å². The van der Waals surface area contributed by atoms with E-state index in [9.17, 15) is 4.79 Å². The number of rotatable bonds is 9. The van der Waals surface area contributed by atoms with Gasteiger partial charge in [0.1, 0.15) is 6.61 Å². The first-order valence-corrected chi connectivity index (χ1v) is 8.87. The lowest BCUT2D eigenvalue weighted by molar-refractivity contribution is -0.122. The largest absolute Gasteiger partial charge is 0.493 e. The summed E-state index contributed by atoms with van der Waals surface area (Å²) in [6, 6.07) is 14.9. The van der Waals surface area contributed by atoms with Crippen molar-refractivity contribution in [3.05, 3.63) is 59.1 Å². The predicted molar refractivity (Wildman–Crippen MR) is 104 cm³/mol. The van der Waals surface area contributed by atoms with Crippen LogP contribution in [0.5, 0.6) is 11.5 Å². The summed E-state index contributed by atoms with van der Waals surface area (Å²) in [4.78, 5) is 14.1. The fourth-order valence-corrected chi connectivity index (χ4v) is 2.86. The molecule has 0 fully saturated rings. The fraction of sp³-hybridized carbons (Fsp3) is 0.350. The molecule has 0 aromatic heterocycles. The molecule has 0 radical (unpaired) electrons. The lowest BCUT2D eigenvalue weighted by Gasteiger charge is -2.20. The van der Waals surface area contributed by atoms with Crippen molar-refractivity contribution in [2.75, 3.05) is 33.9 Å². The number of carbonyl (C=O) groups is 1. The zero-order valence-electron chi connectivity index (χ0n) is 15.4. The van der Waals surface area contributed by atoms with Crippen LogP contribution in [0.15, 0.2) is 48.5 Å². The smallest absolute Gasteiger partial charge is 0.234 e. The Morgan fingerprint density at radius 2 is 1.81 bits per heavy atom. The SMILES string of the molecule is COc1ccccc1OCCN(C)CC(=O)NC(C)c1ccccc1Cl. The zero-order chi connectivity index (χ0) is 18.9. The second-order valence-electron chi connectivity index (χ2n) is 6.05. The van der Waals surface area contributed by atoms with Gasteiger partial charge in [-0.15, -0.1) is 0 Å². The number of likely N-dealkylation sites (N-methyl/N-ethyl adjacent to an activating group) is 1. The van der Waals surface area contributed by atoms with Crippen LogP contribution in [0, 0.1) is 0 Å². The average molecular weight is 377 g/mol. The molecule has 0 spiro atoms. The van der Waals surface area contributed by atoms with E-state index in [2.05, 4.69) is 5.32 Å². The minimum absolute atomic E-state index is 0.0581. The minimum Gasteiger partial charge on any atom is -0.493 e. The molecule has 0 bridgehead atoms. The predicted octanol–water partition coefficient (Wildman–Crippen LogP) is 3.54. The number of ether oxygens (including phenoxy) is 2. The number of para-hydroxylation sites is 2. The van der Waals surface area contributed by atoms with E-state index in [0.29, 0.717) is 29.7 Å². The molecule has 0 aliphatic carbocycles. The molecule has 140 valence electrons. The Labute approximate surface area is 159 Å². The second-order valence-corrected chi connectivity index (χ2v) is 6.46. The zero-order valence-corrected chi connectivity index (χ0v) is 16.1. The molecule has 0 heterocycles. The summed E-state index contributed by atoms with van der Waals surface area (Å²) in [6.07, 6.45) is 0. The van der Waals surface area contributed by atoms with Gasteiger partial charge in [-0.05, 0) is 37.7 Å². The van der Waals surface area contributed by atoms with E-state index in [-0.39, 0.29) is 18.5 Å². The first kappa shape index (κ1) is 20.1. The van der Waals surface area contributed by atoms with Gasteiger partial charge in [-0.2, -0.15) is 0 Å². The lowest BCUT2D eigenvalue weighted by atomic mass is 10.1. The first-order valence-electron chi connectivity index (χ1n) is 8.49. The molecule has 2 rings (SSSR count). The Balaban J connectivity index is 1.76. The summed E-state index contributed by atoms with van der Waals surface area (Å²) >= 11 is 6.17. The number of benzene rings is 2. The minimum atomic E-state index is -0.144. The monoisotopic (exact) mass is 376 g/mol. The van der Waals surface area contributed by atoms with Gasteiger partial charge in [0, 0.05) is 11.6 Å². The lowest BCUT2D eigenvalue weighted by Crippen LogP contribution is -2.38. The second kappa shape index (κ2) is 10.0. The Bertz CT molecular complexity index is 724. The highest BCUT2D eigenvalue weighted by atomic mass is 35.5. The molecule has 26 heavy (non-hydrogen) atoms. The van der Waals surface area contributed by atoms with Gasteiger partial charge in [0.25, 0.3) is 0 Å². The number of halogens is 1. The third kappa shape index (κ3) is 5.93. The van der Waals surface area contributed by atoms with Gasteiger partial charge in [0.05, 0.1) is 19.7 Å². The molecule has 0 aliphatic heterocycles. The number of amides is 1. The molecule has 0 aliphatic rings. The Morgan fingerprint density at radius 3 is 2.50 bits per heavy atom. The highest BCUT2D eigenvalue weighted by Gasteiger charge is 2.14. The van der Waals surface area contributed by atoms with Gasteiger partial charge in [-0.1, -0.05) is 41.9 Å². The van der Waals surface area contributed by atoms with Crippen LogP contribution in [-0.2, 0) is 4.79 Å². The molecule has 2 aromatic carbocycles. The number of nitrogens with one attached hydrogen (secondary N) is 1. The molecule has 2 aromatic rings. The van der Waals surface area contributed by atoms with Gasteiger partial charge >= 0.3 is 0 Å². The van der Waals surface area contributed by atoms with E-state index in [0.717, 1.165) is 5.56 Å². The van der Waals surface area contributed by atoms with Crippen LogP contribution >= 0.6 is 11.6 Å². The van der Waals surface area contributed by atoms with Crippen molar-refractivity contribution >= 4 is 17.5 Å². The summed E-state index contributed by atoms with van der Waals surface area (Å²) in [5.74, 6) is 1.33. The van der Waals surface area contributed by atoms with Gasteiger partial charge in [-0.3, -0.25) is 9.69 Å². The van der Waals surface area contributed by atoms with E-state index in [1.54, 1.807) is 7.11 Å². The third-order valence-corrected chi connectivity index (χ3v) is 4.31. The van der Waals surface area contributed by atoms with Crippen molar-refractivity contribution in [3.63, 3.8) is 0 Å². The van der Waals surface area contributed by atoms with Crippen molar-refractivity contribution < 1.29 is 14.3 Å². The maximum atomic E-state index is 12.2. The van der Waals surface area contributed by atoms with Crippen LogP contribution < -0.4 is 14.8 Å². The topological polar surface area (TPSA) is 50.8 Å². The van der Waals surface area contributed by atoms with Crippen molar-refractivity contribution in [3.8, 4) is 11.5 Å². The summed E-state index contributed by atoms with van der Waals surface area (Å²) in [5.41, 5.74) is 0.907. The molecule has 1 unspecified atom stereocenters. The van der Waals surface area contributed by atoms with Crippen LogP contribution in [0.2, 0.25) is 5.02 Å². The molecular weight excluding hydrogens is 352 g/mol. The van der Waals surface area contributed by atoms with Crippen molar-refractivity contribution in [2.24, 2.45) is 0 Å². The summed E-state index contributed by atoms with van der Waals surface area (Å²) in [6.45, 7) is 3.28. The van der Waals surface area contributed by atoms with Crippen LogP contribution in [0.25, 0.3) is 0 Å². The highest BCUT2D eigenvalue weighted by Crippen LogP contribution is 2.25. The van der Waals surface area contributed by atoms with Gasteiger partial charge in [0.2, 0.25) is 5.91 Å². The molecule has 0 saturated carbocycles. The van der Waals surface area contributed by atoms with Gasteiger partial charge in [-0.25, -0.2) is 0 Å². The molecule has 6 heteroatoms. The van der Waals surface area contributed by atoms with Crippen molar-refractivity contribution in [2.45, 2.75) is 13.0 Å². The van der Waals surface area contributed by atoms with Crippen LogP contribution in [0.1, 0.15) is 18.5 Å². The van der Waals surface area contributed by atoms with E-state index in [1.807, 2.05) is 67.4 Å². The molecule has 1 amide bonds. The number of carbonyl (C=O) groups excluding carboxylic acids is 1. The van der Waals surface area contributed by atoms with Crippen LogP contribution in [-0.4, -0.2) is 44.7 Å². The fourth-order valence-electron chi connectivity index (χ4n) is 2.56. The highest BCUT2D eigenvalue weighted by molar-refractivity contribution is 6.31. The maximum absolute atomic E-state index is 12.2. The standard InChI is InChI=1S/C20H25ClN2O3/c1-15(16-8-4-5-9-17(16)21)22-20(24)14-23(2)12-13-26-19-11-7-6-10-18(19)25-3/h4-11,15H,12-14H2,1-3H3,(H,22,24). The molecule has 1 N–H and O–H groups in total. The average Bonchev–Trinajstić information content (AvgIpc) is 2.62. The van der Waals surface area contributed by atoms with E-state index in [1.165, 1.54) is 0 Å². The third-order valence-electron chi connectivity index (χ3n) is 3.96. The number of methoxy groups -OCH3 is 1. The summed E-state index contributed by atoms with van der Waals surface area (Å²) in [7, 11) is 3.49. The quantitative estimate of drug-likeness (QED) is 0.727. The normalized spacial score (nSPS) is 11.9. The number of hydrogen-bond donors (Lipinski definition) is 1. The van der Waals surface area contributed by atoms with E-state index >= 15 is 0 Å². The molecular formula is C20H25ClN2O3. The Kier molecular flexibility index (Phi) is 7.75. The van der Waals surface area contributed by atoms with E-state index in [4.69, 9.17) is 21.1 Å². The molecule has 0 saturated heterocycles.